The van der Waals surface area contributed by atoms with Crippen LogP contribution in [-0.4, -0.2) is 23.2 Å². The Hall–Kier alpha value is -2.53. The van der Waals surface area contributed by atoms with Gasteiger partial charge in [-0.25, -0.2) is 0 Å². The molecule has 0 aromatic heterocycles. The minimum atomic E-state index is -0.566. The van der Waals surface area contributed by atoms with Crippen molar-refractivity contribution in [1.29, 1.82) is 0 Å². The Morgan fingerprint density at radius 1 is 1.24 bits per heavy atom. The fourth-order valence-electron chi connectivity index (χ4n) is 3.96. The second-order valence-corrected chi connectivity index (χ2v) is 8.23. The Morgan fingerprint density at radius 3 is 2.52 bits per heavy atom. The highest BCUT2D eigenvalue weighted by atomic mass is 16.5. The Morgan fingerprint density at radius 2 is 1.90 bits per heavy atom. The molecule has 1 amide bonds. The van der Waals surface area contributed by atoms with Gasteiger partial charge in [-0.15, -0.1) is 0 Å². The minimum Gasteiger partial charge on any atom is -0.487 e. The smallest absolute Gasteiger partial charge is 0.262 e. The monoisotopic (exact) mass is 397 g/mol. The van der Waals surface area contributed by atoms with E-state index in [0.717, 1.165) is 40.8 Å². The van der Waals surface area contributed by atoms with Crippen molar-refractivity contribution in [2.75, 3.05) is 11.9 Å². The van der Waals surface area contributed by atoms with Crippen LogP contribution in [0.25, 0.3) is 0 Å². The van der Waals surface area contributed by atoms with Gasteiger partial charge in [0, 0.05) is 23.7 Å². The highest BCUT2D eigenvalue weighted by molar-refractivity contribution is 5.93. The van der Waals surface area contributed by atoms with Crippen LogP contribution in [0.4, 0.5) is 5.69 Å². The maximum absolute atomic E-state index is 12.5. The Balaban J connectivity index is 1.73. The highest BCUT2D eigenvalue weighted by Gasteiger charge is 2.34. The number of benzene rings is 2. The first-order valence-corrected chi connectivity index (χ1v) is 10.3. The third-order valence-electron chi connectivity index (χ3n) is 5.36. The normalized spacial score (nSPS) is 17.2. The summed E-state index contributed by atoms with van der Waals surface area (Å²) in [6.07, 6.45) is 1.68. The number of hydrogen-bond acceptors (Lipinski definition) is 4. The number of aryl methyl sites for hydroxylation is 3. The number of rotatable bonds is 6. The van der Waals surface area contributed by atoms with Crippen LogP contribution in [0.15, 0.2) is 30.3 Å². The minimum absolute atomic E-state index is 0.0919. The van der Waals surface area contributed by atoms with Gasteiger partial charge in [0.2, 0.25) is 0 Å². The van der Waals surface area contributed by atoms with Crippen LogP contribution < -0.4 is 14.8 Å². The molecule has 2 N–H and O–H groups in total. The second kappa shape index (κ2) is 8.46. The van der Waals surface area contributed by atoms with Crippen LogP contribution in [0.1, 0.15) is 62.5 Å². The van der Waals surface area contributed by atoms with Gasteiger partial charge in [0.15, 0.2) is 6.61 Å². The number of para-hydroxylation sites is 1. The summed E-state index contributed by atoms with van der Waals surface area (Å²) in [7, 11) is 0. The van der Waals surface area contributed by atoms with Crippen LogP contribution >= 0.6 is 0 Å². The molecule has 1 aliphatic heterocycles. The zero-order valence-corrected chi connectivity index (χ0v) is 18.0. The van der Waals surface area contributed by atoms with Crippen LogP contribution in [0.3, 0.4) is 0 Å². The van der Waals surface area contributed by atoms with Gasteiger partial charge in [0.05, 0.1) is 6.10 Å². The third-order valence-corrected chi connectivity index (χ3v) is 5.36. The van der Waals surface area contributed by atoms with Crippen LogP contribution in [0.5, 0.6) is 11.5 Å². The first kappa shape index (κ1) is 21.2. The van der Waals surface area contributed by atoms with Gasteiger partial charge < -0.3 is 19.9 Å². The topological polar surface area (TPSA) is 67.8 Å². The molecule has 0 spiro atoms. The number of aliphatic hydroxyl groups is 1. The number of carbonyl (C=O) groups is 1. The molecule has 0 saturated heterocycles. The number of carbonyl (C=O) groups excluding carboxylic acids is 1. The predicted molar refractivity (Wildman–Crippen MR) is 115 cm³/mol. The number of ether oxygens (including phenoxy) is 2. The molecule has 1 heterocycles. The van der Waals surface area contributed by atoms with Gasteiger partial charge in [-0.2, -0.15) is 0 Å². The molecule has 29 heavy (non-hydrogen) atoms. The lowest BCUT2D eigenvalue weighted by atomic mass is 9.89. The van der Waals surface area contributed by atoms with Crippen LogP contribution in [-0.2, 0) is 17.6 Å². The summed E-state index contributed by atoms with van der Waals surface area (Å²) in [5, 5.41) is 13.5. The molecule has 1 unspecified atom stereocenters. The Kier molecular flexibility index (Phi) is 6.18. The molecule has 2 aromatic rings. The molecule has 0 radical (unpaired) electrons. The van der Waals surface area contributed by atoms with Crippen molar-refractivity contribution in [3.05, 3.63) is 52.6 Å². The molecule has 0 fully saturated rings. The summed E-state index contributed by atoms with van der Waals surface area (Å²) in [4.78, 5) is 12.5. The van der Waals surface area contributed by atoms with Gasteiger partial charge in [0.1, 0.15) is 17.1 Å². The zero-order valence-electron chi connectivity index (χ0n) is 18.0. The van der Waals surface area contributed by atoms with Gasteiger partial charge in [0.25, 0.3) is 5.91 Å². The molecule has 0 aliphatic carbocycles. The van der Waals surface area contributed by atoms with E-state index < -0.39 is 11.7 Å². The van der Waals surface area contributed by atoms with E-state index in [1.807, 2.05) is 45.0 Å². The summed E-state index contributed by atoms with van der Waals surface area (Å²) in [6, 6.07) is 9.70. The second-order valence-electron chi connectivity index (χ2n) is 8.23. The number of nitrogens with one attached hydrogen (secondary N) is 1. The molecule has 156 valence electrons. The molecule has 2 aromatic carbocycles. The maximum atomic E-state index is 12.5. The van der Waals surface area contributed by atoms with Gasteiger partial charge in [-0.3, -0.25) is 4.79 Å². The van der Waals surface area contributed by atoms with Crippen molar-refractivity contribution in [1.82, 2.24) is 0 Å². The van der Waals surface area contributed by atoms with E-state index in [4.69, 9.17) is 9.47 Å². The third kappa shape index (κ3) is 4.73. The van der Waals surface area contributed by atoms with E-state index in [9.17, 15) is 9.90 Å². The van der Waals surface area contributed by atoms with E-state index in [1.165, 1.54) is 0 Å². The molecular formula is C24H31NO4. The fraction of sp³-hybridized carbons (Fsp3) is 0.458. The van der Waals surface area contributed by atoms with Crippen molar-refractivity contribution in [2.24, 2.45) is 0 Å². The first-order valence-electron chi connectivity index (χ1n) is 10.3. The van der Waals surface area contributed by atoms with Crippen LogP contribution in [0, 0.1) is 6.92 Å². The summed E-state index contributed by atoms with van der Waals surface area (Å²) in [5.74, 6) is 0.979. The lowest BCUT2D eigenvalue weighted by Crippen LogP contribution is -2.35. The van der Waals surface area contributed by atoms with E-state index in [1.54, 1.807) is 6.07 Å². The SMILES string of the molecule is CCc1cccc(CC)c1NC(=O)COc1cc(C)c2c(c1)OC(C)(C)CC2O. The summed E-state index contributed by atoms with van der Waals surface area (Å²) < 4.78 is 11.8. The number of anilines is 1. The molecule has 0 saturated carbocycles. The lowest BCUT2D eigenvalue weighted by Gasteiger charge is -2.36. The number of fused-ring (bicyclic) bond motifs is 1. The van der Waals surface area contributed by atoms with Crippen molar-refractivity contribution in [2.45, 2.75) is 65.6 Å². The standard InChI is InChI=1S/C24H31NO4/c1-6-16-9-8-10-17(7-2)23(16)25-21(27)14-28-18-11-15(3)22-19(26)13-24(4,5)29-20(22)12-18/h8-12,19,26H,6-7,13-14H2,1-5H3,(H,25,27). The zero-order chi connectivity index (χ0) is 21.2. The molecule has 1 atom stereocenters. The number of aliphatic hydroxyl groups excluding tert-OH is 1. The first-order chi connectivity index (χ1) is 13.7. The average Bonchev–Trinajstić information content (AvgIpc) is 2.64. The molecule has 5 nitrogen and oxygen atoms in total. The number of hydrogen-bond donors (Lipinski definition) is 2. The van der Waals surface area contributed by atoms with Crippen molar-refractivity contribution in [3.63, 3.8) is 0 Å². The molecular weight excluding hydrogens is 366 g/mol. The summed E-state index contributed by atoms with van der Waals surface area (Å²) >= 11 is 0. The average molecular weight is 398 g/mol. The molecule has 5 heteroatoms. The van der Waals surface area contributed by atoms with Crippen LogP contribution in [0.2, 0.25) is 0 Å². The van der Waals surface area contributed by atoms with Gasteiger partial charge in [-0.05, 0) is 56.4 Å². The van der Waals surface area contributed by atoms with Crippen molar-refractivity contribution < 1.29 is 19.4 Å². The molecule has 1 aliphatic rings. The van der Waals surface area contributed by atoms with E-state index >= 15 is 0 Å². The fourth-order valence-corrected chi connectivity index (χ4v) is 3.96. The van der Waals surface area contributed by atoms with E-state index in [0.29, 0.717) is 17.9 Å². The van der Waals surface area contributed by atoms with Crippen molar-refractivity contribution in [3.8, 4) is 11.5 Å². The highest BCUT2D eigenvalue weighted by Crippen LogP contribution is 2.43. The predicted octanol–water partition coefficient (Wildman–Crippen LogP) is 4.73. The lowest BCUT2D eigenvalue weighted by molar-refractivity contribution is -0.118. The number of amides is 1. The van der Waals surface area contributed by atoms with E-state index in [2.05, 4.69) is 19.2 Å². The summed E-state index contributed by atoms with van der Waals surface area (Å²) in [5.41, 5.74) is 4.37. The van der Waals surface area contributed by atoms with E-state index in [-0.39, 0.29) is 12.5 Å². The largest absolute Gasteiger partial charge is 0.487 e. The Bertz CT molecular complexity index is 882. The quantitative estimate of drug-likeness (QED) is 0.739. The molecule has 3 rings (SSSR count). The van der Waals surface area contributed by atoms with Gasteiger partial charge >= 0.3 is 0 Å². The van der Waals surface area contributed by atoms with Gasteiger partial charge in [-0.1, -0.05) is 32.0 Å². The maximum Gasteiger partial charge on any atom is 0.262 e. The Labute approximate surface area is 173 Å². The summed E-state index contributed by atoms with van der Waals surface area (Å²) in [6.45, 7) is 9.88. The van der Waals surface area contributed by atoms with Crippen molar-refractivity contribution >= 4 is 11.6 Å². The molecule has 0 bridgehead atoms.